The van der Waals surface area contributed by atoms with Crippen LogP contribution in [0.25, 0.3) is 0 Å². The number of para-hydroxylation sites is 1. The van der Waals surface area contributed by atoms with E-state index in [1.165, 1.54) is 11.1 Å². The second-order valence-electron chi connectivity index (χ2n) is 7.56. The van der Waals surface area contributed by atoms with E-state index in [0.29, 0.717) is 5.92 Å². The third kappa shape index (κ3) is 3.86. The highest BCUT2D eigenvalue weighted by molar-refractivity contribution is 6.00. The van der Waals surface area contributed by atoms with Gasteiger partial charge >= 0.3 is 0 Å². The van der Waals surface area contributed by atoms with Crippen molar-refractivity contribution in [1.29, 1.82) is 0 Å². The van der Waals surface area contributed by atoms with Crippen LogP contribution in [0.5, 0.6) is 0 Å². The lowest BCUT2D eigenvalue weighted by atomic mass is 9.87. The fourth-order valence-corrected chi connectivity index (χ4v) is 4.37. The molecule has 2 saturated heterocycles. The van der Waals surface area contributed by atoms with Gasteiger partial charge in [-0.1, -0.05) is 36.4 Å². The van der Waals surface area contributed by atoms with E-state index in [-0.39, 0.29) is 5.91 Å². The Labute approximate surface area is 161 Å². The Kier molecular flexibility index (Phi) is 5.44. The van der Waals surface area contributed by atoms with Gasteiger partial charge in [0, 0.05) is 37.8 Å². The van der Waals surface area contributed by atoms with Gasteiger partial charge in [0.2, 0.25) is 0 Å². The van der Waals surface area contributed by atoms with Crippen molar-refractivity contribution in [2.75, 3.05) is 44.3 Å². The quantitative estimate of drug-likeness (QED) is 0.829. The summed E-state index contributed by atoms with van der Waals surface area (Å²) < 4.78 is 5.48. The van der Waals surface area contributed by atoms with Crippen molar-refractivity contribution >= 4 is 11.6 Å². The number of hydrogen-bond acceptors (Lipinski definition) is 3. The van der Waals surface area contributed by atoms with Gasteiger partial charge in [0.15, 0.2) is 0 Å². The highest BCUT2D eigenvalue weighted by Gasteiger charge is 2.28. The van der Waals surface area contributed by atoms with E-state index in [4.69, 9.17) is 4.74 Å². The fourth-order valence-electron chi connectivity index (χ4n) is 4.37. The third-order valence-electron chi connectivity index (χ3n) is 5.82. The molecule has 2 aromatic rings. The van der Waals surface area contributed by atoms with Crippen LogP contribution < -0.4 is 4.90 Å². The van der Waals surface area contributed by atoms with Crippen LogP contribution in [0.4, 0.5) is 5.69 Å². The molecule has 27 heavy (non-hydrogen) atoms. The first-order valence-electron chi connectivity index (χ1n) is 10.0. The molecule has 4 nitrogen and oxygen atoms in total. The van der Waals surface area contributed by atoms with Gasteiger partial charge in [0.1, 0.15) is 0 Å². The molecule has 0 bridgehead atoms. The average molecular weight is 364 g/mol. The second kappa shape index (κ2) is 8.13. The highest BCUT2D eigenvalue weighted by atomic mass is 16.5. The SMILES string of the molecule is Cc1ccccc1C1CCCN(C(=O)c2ccccc2N2CCOCC2)C1. The molecular formula is C23H28N2O2. The topological polar surface area (TPSA) is 32.8 Å². The van der Waals surface area contributed by atoms with Crippen molar-refractivity contribution in [2.45, 2.75) is 25.7 Å². The van der Waals surface area contributed by atoms with Gasteiger partial charge in [-0.25, -0.2) is 0 Å². The molecule has 1 atom stereocenters. The summed E-state index contributed by atoms with van der Waals surface area (Å²) >= 11 is 0. The molecule has 1 unspecified atom stereocenters. The first-order valence-corrected chi connectivity index (χ1v) is 10.0. The van der Waals surface area contributed by atoms with Gasteiger partial charge in [-0.2, -0.15) is 0 Å². The number of hydrogen-bond donors (Lipinski definition) is 0. The minimum absolute atomic E-state index is 0.162. The number of rotatable bonds is 3. The van der Waals surface area contributed by atoms with Crippen molar-refractivity contribution in [3.8, 4) is 0 Å². The first-order chi connectivity index (χ1) is 13.2. The number of nitrogens with zero attached hydrogens (tertiary/aromatic N) is 2. The maximum absolute atomic E-state index is 13.4. The molecule has 2 aromatic carbocycles. The third-order valence-corrected chi connectivity index (χ3v) is 5.82. The predicted octanol–water partition coefficient (Wildman–Crippen LogP) is 3.85. The zero-order valence-electron chi connectivity index (χ0n) is 16.1. The monoisotopic (exact) mass is 364 g/mol. The molecule has 4 heteroatoms. The second-order valence-corrected chi connectivity index (χ2v) is 7.56. The summed E-state index contributed by atoms with van der Waals surface area (Å²) in [6.45, 7) is 6.96. The van der Waals surface area contributed by atoms with Crippen LogP contribution in [0.2, 0.25) is 0 Å². The molecule has 142 valence electrons. The normalized spacial score (nSPS) is 20.6. The number of ether oxygens (including phenoxy) is 1. The molecule has 2 fully saturated rings. The number of carbonyl (C=O) groups excluding carboxylic acids is 1. The Morgan fingerprint density at radius 3 is 2.56 bits per heavy atom. The summed E-state index contributed by atoms with van der Waals surface area (Å²) in [7, 11) is 0. The fraction of sp³-hybridized carbons (Fsp3) is 0.435. The summed E-state index contributed by atoms with van der Waals surface area (Å²) in [4.78, 5) is 17.7. The number of likely N-dealkylation sites (tertiary alicyclic amines) is 1. The van der Waals surface area contributed by atoms with E-state index in [9.17, 15) is 4.79 Å². The van der Waals surface area contributed by atoms with Crippen molar-refractivity contribution in [3.63, 3.8) is 0 Å². The van der Waals surface area contributed by atoms with Gasteiger partial charge in [-0.3, -0.25) is 4.79 Å². The molecule has 0 radical (unpaired) electrons. The molecule has 0 N–H and O–H groups in total. The number of aryl methyl sites for hydroxylation is 1. The van der Waals surface area contributed by atoms with Crippen LogP contribution in [-0.4, -0.2) is 50.2 Å². The van der Waals surface area contributed by atoms with E-state index < -0.39 is 0 Å². The molecule has 2 aliphatic heterocycles. The summed E-state index contributed by atoms with van der Waals surface area (Å²) in [5.74, 6) is 0.592. The van der Waals surface area contributed by atoms with Crippen LogP contribution in [-0.2, 0) is 4.74 Å². The lowest BCUT2D eigenvalue weighted by Gasteiger charge is -2.35. The zero-order valence-corrected chi connectivity index (χ0v) is 16.1. The molecular weight excluding hydrogens is 336 g/mol. The average Bonchev–Trinajstić information content (AvgIpc) is 2.74. The lowest BCUT2D eigenvalue weighted by Crippen LogP contribution is -2.41. The number of amides is 1. The van der Waals surface area contributed by atoms with Crippen molar-refractivity contribution in [2.24, 2.45) is 0 Å². The lowest BCUT2D eigenvalue weighted by molar-refractivity contribution is 0.0706. The molecule has 0 aliphatic carbocycles. The van der Waals surface area contributed by atoms with E-state index >= 15 is 0 Å². The van der Waals surface area contributed by atoms with Gasteiger partial charge in [-0.15, -0.1) is 0 Å². The Hall–Kier alpha value is -2.33. The number of anilines is 1. The molecule has 0 saturated carbocycles. The van der Waals surface area contributed by atoms with E-state index in [1.54, 1.807) is 0 Å². The minimum Gasteiger partial charge on any atom is -0.378 e. The largest absolute Gasteiger partial charge is 0.378 e. The van der Waals surface area contributed by atoms with Crippen molar-refractivity contribution in [3.05, 3.63) is 65.2 Å². The van der Waals surface area contributed by atoms with Crippen LogP contribution in [0, 0.1) is 6.92 Å². The van der Waals surface area contributed by atoms with Crippen LogP contribution in [0.15, 0.2) is 48.5 Å². The molecule has 0 spiro atoms. The van der Waals surface area contributed by atoms with Gasteiger partial charge in [-0.05, 0) is 43.0 Å². The first kappa shape index (κ1) is 18.1. The van der Waals surface area contributed by atoms with Gasteiger partial charge in [0.25, 0.3) is 5.91 Å². The molecule has 1 amide bonds. The smallest absolute Gasteiger partial charge is 0.255 e. The number of morpholine rings is 1. The molecule has 2 heterocycles. The number of carbonyl (C=O) groups is 1. The maximum atomic E-state index is 13.4. The van der Waals surface area contributed by atoms with Crippen LogP contribution in [0.3, 0.4) is 0 Å². The summed E-state index contributed by atoms with van der Waals surface area (Å²) in [6, 6.07) is 16.6. The summed E-state index contributed by atoms with van der Waals surface area (Å²) in [6.07, 6.45) is 2.21. The number of piperidine rings is 1. The van der Waals surface area contributed by atoms with E-state index in [1.807, 2.05) is 18.2 Å². The standard InChI is InChI=1S/C23H28N2O2/c1-18-7-2-3-9-20(18)19-8-6-12-25(17-19)23(26)21-10-4-5-11-22(21)24-13-15-27-16-14-24/h2-5,7,9-11,19H,6,8,12-17H2,1H3. The molecule has 0 aromatic heterocycles. The zero-order chi connectivity index (χ0) is 18.6. The Morgan fingerprint density at radius 1 is 1.00 bits per heavy atom. The van der Waals surface area contributed by atoms with Crippen LogP contribution >= 0.6 is 0 Å². The van der Waals surface area contributed by atoms with Crippen molar-refractivity contribution < 1.29 is 9.53 Å². The summed E-state index contributed by atoms with van der Waals surface area (Å²) in [5.41, 5.74) is 4.58. The van der Waals surface area contributed by atoms with Crippen LogP contribution in [0.1, 0.15) is 40.2 Å². The van der Waals surface area contributed by atoms with Gasteiger partial charge < -0.3 is 14.5 Å². The Morgan fingerprint density at radius 2 is 1.74 bits per heavy atom. The molecule has 4 rings (SSSR count). The highest BCUT2D eigenvalue weighted by Crippen LogP contribution is 2.31. The Balaban J connectivity index is 1.55. The molecule has 2 aliphatic rings. The number of benzene rings is 2. The van der Waals surface area contributed by atoms with E-state index in [0.717, 1.165) is 63.5 Å². The predicted molar refractivity (Wildman–Crippen MR) is 109 cm³/mol. The Bertz CT molecular complexity index is 798. The van der Waals surface area contributed by atoms with Gasteiger partial charge in [0.05, 0.1) is 18.8 Å². The summed E-state index contributed by atoms with van der Waals surface area (Å²) in [5, 5.41) is 0. The maximum Gasteiger partial charge on any atom is 0.255 e. The van der Waals surface area contributed by atoms with E-state index in [2.05, 4.69) is 47.1 Å². The minimum atomic E-state index is 0.162. The van der Waals surface area contributed by atoms with Crippen molar-refractivity contribution in [1.82, 2.24) is 4.90 Å².